The lowest BCUT2D eigenvalue weighted by Crippen LogP contribution is -2.00. The Morgan fingerprint density at radius 2 is 1.86 bits per heavy atom. The maximum Gasteiger partial charge on any atom is 0.181 e. The fraction of sp³-hybridized carbons (Fsp3) is 0.0625. The van der Waals surface area contributed by atoms with E-state index in [2.05, 4.69) is 20.3 Å². The SMILES string of the molecule is COc1ccccc1Nc1cc(Cl)nc(-c2ccccn2)n1. The number of para-hydroxylation sites is 2. The molecule has 0 saturated heterocycles. The molecule has 2 aromatic heterocycles. The van der Waals surface area contributed by atoms with Crippen molar-refractivity contribution in [1.82, 2.24) is 15.0 Å². The zero-order valence-corrected chi connectivity index (χ0v) is 12.6. The molecule has 3 rings (SSSR count). The standard InChI is InChI=1S/C16H13ClN4O/c1-22-13-8-3-2-6-11(13)19-15-10-14(17)20-16(21-15)12-7-4-5-9-18-12/h2-10H,1H3,(H,19,20,21). The number of halogens is 1. The number of nitrogens with one attached hydrogen (secondary N) is 1. The summed E-state index contributed by atoms with van der Waals surface area (Å²) in [5.74, 6) is 1.76. The molecule has 0 bridgehead atoms. The zero-order chi connectivity index (χ0) is 15.4. The number of aromatic nitrogens is 3. The summed E-state index contributed by atoms with van der Waals surface area (Å²) in [6.45, 7) is 0. The molecule has 1 aromatic carbocycles. The maximum absolute atomic E-state index is 6.09. The molecule has 0 saturated carbocycles. The molecule has 0 aliphatic rings. The van der Waals surface area contributed by atoms with Crippen molar-refractivity contribution in [3.63, 3.8) is 0 Å². The molecule has 110 valence electrons. The first-order valence-corrected chi connectivity index (χ1v) is 7.00. The Labute approximate surface area is 133 Å². The van der Waals surface area contributed by atoms with Crippen molar-refractivity contribution < 1.29 is 4.74 Å². The minimum absolute atomic E-state index is 0.341. The lowest BCUT2D eigenvalue weighted by Gasteiger charge is -2.11. The van der Waals surface area contributed by atoms with Gasteiger partial charge < -0.3 is 10.1 Å². The summed E-state index contributed by atoms with van der Waals surface area (Å²) in [6, 6.07) is 14.8. The number of hydrogen-bond donors (Lipinski definition) is 1. The molecule has 5 nitrogen and oxygen atoms in total. The van der Waals surface area contributed by atoms with E-state index in [1.165, 1.54) is 0 Å². The second-order valence-corrected chi connectivity index (χ2v) is 4.83. The molecule has 0 aliphatic heterocycles. The van der Waals surface area contributed by atoms with Gasteiger partial charge in [0.25, 0.3) is 0 Å². The van der Waals surface area contributed by atoms with Crippen molar-refractivity contribution >= 4 is 23.1 Å². The van der Waals surface area contributed by atoms with Crippen LogP contribution in [0, 0.1) is 0 Å². The monoisotopic (exact) mass is 312 g/mol. The summed E-state index contributed by atoms with van der Waals surface area (Å²) < 4.78 is 5.31. The molecule has 3 aromatic rings. The zero-order valence-electron chi connectivity index (χ0n) is 11.8. The van der Waals surface area contributed by atoms with E-state index >= 15 is 0 Å². The number of pyridine rings is 1. The van der Waals surface area contributed by atoms with Gasteiger partial charge in [-0.3, -0.25) is 4.98 Å². The van der Waals surface area contributed by atoms with E-state index in [0.29, 0.717) is 22.5 Å². The minimum Gasteiger partial charge on any atom is -0.495 e. The number of ether oxygens (including phenoxy) is 1. The highest BCUT2D eigenvalue weighted by molar-refractivity contribution is 6.29. The molecule has 1 N–H and O–H groups in total. The van der Waals surface area contributed by atoms with E-state index in [0.717, 1.165) is 11.4 Å². The molecule has 0 fully saturated rings. The molecule has 0 aliphatic carbocycles. The van der Waals surface area contributed by atoms with Crippen LogP contribution in [0.2, 0.25) is 5.15 Å². The van der Waals surface area contributed by atoms with Crippen LogP contribution in [0.4, 0.5) is 11.5 Å². The van der Waals surface area contributed by atoms with E-state index in [4.69, 9.17) is 16.3 Å². The van der Waals surface area contributed by atoms with Crippen LogP contribution in [0.5, 0.6) is 5.75 Å². The Morgan fingerprint density at radius 1 is 1.05 bits per heavy atom. The highest BCUT2D eigenvalue weighted by atomic mass is 35.5. The van der Waals surface area contributed by atoms with Crippen molar-refractivity contribution in [3.8, 4) is 17.3 Å². The van der Waals surface area contributed by atoms with Gasteiger partial charge in [-0.1, -0.05) is 29.8 Å². The fourth-order valence-corrected chi connectivity index (χ4v) is 2.16. The number of anilines is 2. The molecule has 0 unspecified atom stereocenters. The van der Waals surface area contributed by atoms with Gasteiger partial charge in [-0.05, 0) is 24.3 Å². The van der Waals surface area contributed by atoms with Gasteiger partial charge in [0.1, 0.15) is 22.4 Å². The van der Waals surface area contributed by atoms with Crippen LogP contribution in [0.25, 0.3) is 11.5 Å². The summed E-state index contributed by atoms with van der Waals surface area (Å²) in [5, 5.41) is 3.53. The Balaban J connectivity index is 1.96. The van der Waals surface area contributed by atoms with Gasteiger partial charge in [-0.25, -0.2) is 9.97 Å². The van der Waals surface area contributed by atoms with E-state index in [9.17, 15) is 0 Å². The molecule has 0 radical (unpaired) electrons. The van der Waals surface area contributed by atoms with Gasteiger partial charge >= 0.3 is 0 Å². The van der Waals surface area contributed by atoms with E-state index < -0.39 is 0 Å². The molecular weight excluding hydrogens is 300 g/mol. The predicted molar refractivity (Wildman–Crippen MR) is 86.5 cm³/mol. The van der Waals surface area contributed by atoms with Crippen LogP contribution in [-0.2, 0) is 0 Å². The first-order chi connectivity index (χ1) is 10.8. The smallest absolute Gasteiger partial charge is 0.181 e. The fourth-order valence-electron chi connectivity index (χ4n) is 1.98. The van der Waals surface area contributed by atoms with Crippen LogP contribution in [0.3, 0.4) is 0 Å². The highest BCUT2D eigenvalue weighted by Crippen LogP contribution is 2.27. The Kier molecular flexibility index (Phi) is 4.16. The van der Waals surface area contributed by atoms with Crippen LogP contribution < -0.4 is 10.1 Å². The molecule has 6 heteroatoms. The minimum atomic E-state index is 0.341. The van der Waals surface area contributed by atoms with E-state index in [1.807, 2.05) is 42.5 Å². The van der Waals surface area contributed by atoms with Gasteiger partial charge in [0.05, 0.1) is 12.8 Å². The number of benzene rings is 1. The molecule has 22 heavy (non-hydrogen) atoms. The summed E-state index contributed by atoms with van der Waals surface area (Å²) in [6.07, 6.45) is 1.69. The molecule has 0 spiro atoms. The summed E-state index contributed by atoms with van der Waals surface area (Å²) in [7, 11) is 1.62. The average molecular weight is 313 g/mol. The number of rotatable bonds is 4. The van der Waals surface area contributed by atoms with Gasteiger partial charge in [0.15, 0.2) is 5.82 Å². The quantitative estimate of drug-likeness (QED) is 0.739. The Hall–Kier alpha value is -2.66. The van der Waals surface area contributed by atoms with Crippen molar-refractivity contribution in [1.29, 1.82) is 0 Å². The van der Waals surface area contributed by atoms with Crippen LogP contribution in [-0.4, -0.2) is 22.1 Å². The first kappa shape index (κ1) is 14.3. The van der Waals surface area contributed by atoms with Crippen LogP contribution in [0.15, 0.2) is 54.7 Å². The van der Waals surface area contributed by atoms with Crippen LogP contribution in [0.1, 0.15) is 0 Å². The summed E-state index contributed by atoms with van der Waals surface area (Å²) in [4.78, 5) is 12.9. The molecule has 2 heterocycles. The average Bonchev–Trinajstić information content (AvgIpc) is 2.56. The summed E-state index contributed by atoms with van der Waals surface area (Å²) >= 11 is 6.09. The van der Waals surface area contributed by atoms with Crippen LogP contribution >= 0.6 is 11.6 Å². The van der Waals surface area contributed by atoms with Crippen molar-refractivity contribution in [2.75, 3.05) is 12.4 Å². The van der Waals surface area contributed by atoms with Crippen molar-refractivity contribution in [2.24, 2.45) is 0 Å². The van der Waals surface area contributed by atoms with E-state index in [1.54, 1.807) is 19.4 Å². The lowest BCUT2D eigenvalue weighted by atomic mass is 10.3. The second-order valence-electron chi connectivity index (χ2n) is 4.44. The van der Waals surface area contributed by atoms with Gasteiger partial charge in [0.2, 0.25) is 0 Å². The summed E-state index contributed by atoms with van der Waals surface area (Å²) in [5.41, 5.74) is 1.46. The lowest BCUT2D eigenvalue weighted by molar-refractivity contribution is 0.417. The Morgan fingerprint density at radius 3 is 2.64 bits per heavy atom. The number of nitrogens with zero attached hydrogens (tertiary/aromatic N) is 3. The predicted octanol–water partition coefficient (Wildman–Crippen LogP) is 3.94. The first-order valence-electron chi connectivity index (χ1n) is 6.62. The van der Waals surface area contributed by atoms with Gasteiger partial charge in [-0.15, -0.1) is 0 Å². The molecule has 0 amide bonds. The topological polar surface area (TPSA) is 59.9 Å². The normalized spacial score (nSPS) is 10.3. The largest absolute Gasteiger partial charge is 0.495 e. The highest BCUT2D eigenvalue weighted by Gasteiger charge is 2.08. The second kappa shape index (κ2) is 6.41. The van der Waals surface area contributed by atoms with E-state index in [-0.39, 0.29) is 0 Å². The molecular formula is C16H13ClN4O. The third kappa shape index (κ3) is 3.15. The number of hydrogen-bond acceptors (Lipinski definition) is 5. The Bertz CT molecular complexity index is 780. The maximum atomic E-state index is 6.09. The molecule has 0 atom stereocenters. The third-order valence-electron chi connectivity index (χ3n) is 2.96. The van der Waals surface area contributed by atoms with Gasteiger partial charge in [0, 0.05) is 12.3 Å². The van der Waals surface area contributed by atoms with Crippen molar-refractivity contribution in [2.45, 2.75) is 0 Å². The third-order valence-corrected chi connectivity index (χ3v) is 3.15. The van der Waals surface area contributed by atoms with Crippen molar-refractivity contribution in [3.05, 3.63) is 59.9 Å². The van der Waals surface area contributed by atoms with Gasteiger partial charge in [-0.2, -0.15) is 0 Å². The number of methoxy groups -OCH3 is 1.